The number of aromatic nitrogens is 8. The highest BCUT2D eigenvalue weighted by Crippen LogP contribution is 2.67. The van der Waals surface area contributed by atoms with Crippen LogP contribution in [0.3, 0.4) is 0 Å². The van der Waals surface area contributed by atoms with Gasteiger partial charge in [-0.15, -0.1) is 0 Å². The topological polar surface area (TPSA) is 404 Å². The quantitative estimate of drug-likeness (QED) is 0.0516. The molecule has 52 heavy (non-hydrogen) atoms. The van der Waals surface area contributed by atoms with E-state index in [4.69, 9.17) is 20.9 Å². The second kappa shape index (κ2) is 14.2. The van der Waals surface area contributed by atoms with E-state index in [-0.39, 0.29) is 45.6 Å². The van der Waals surface area contributed by atoms with E-state index in [1.165, 1.54) is 22.5 Å². The van der Waals surface area contributed by atoms with Crippen molar-refractivity contribution in [2.45, 2.75) is 49.1 Å². The number of aliphatic hydroxyl groups is 4. The summed E-state index contributed by atoms with van der Waals surface area (Å²) in [5.74, 6) is -2.11. The SMILES string of the molecule is Cn1c[n+]([C@@H]2O[C@H](CSP(=O)([O-])OP([O-])(=S)OP(=O)([O-])OC[C@H]3O[C@@H](n4cnc5c(=O)[nH]c(N)nc54)C(O)[C@H]3O)C(O)[C@@H]2O)c2nc(N)nc([O-])c21. The van der Waals surface area contributed by atoms with Gasteiger partial charge in [-0.1, -0.05) is 28.2 Å². The molecule has 286 valence electrons. The van der Waals surface area contributed by atoms with Crippen molar-refractivity contribution in [3.8, 4) is 5.88 Å². The van der Waals surface area contributed by atoms with E-state index in [0.29, 0.717) is 0 Å². The number of nitrogens with zero attached hydrogens (tertiary/aromatic N) is 7. The Morgan fingerprint density at radius 1 is 1.06 bits per heavy atom. The molecule has 6 rings (SSSR count). The molecule has 11 atom stereocenters. The Labute approximate surface area is 297 Å². The van der Waals surface area contributed by atoms with Gasteiger partial charge in [0.1, 0.15) is 37.2 Å². The molecule has 6 heterocycles. The van der Waals surface area contributed by atoms with Gasteiger partial charge >= 0.3 is 5.65 Å². The first kappa shape index (κ1) is 39.0. The summed E-state index contributed by atoms with van der Waals surface area (Å²) in [6, 6.07) is 0. The monoisotopic (exact) mass is 831 g/mol. The van der Waals surface area contributed by atoms with Crippen molar-refractivity contribution >= 4 is 78.8 Å². The molecule has 0 amide bonds. The van der Waals surface area contributed by atoms with Gasteiger partial charge in [-0.25, -0.2) is 14.5 Å². The van der Waals surface area contributed by atoms with E-state index in [2.05, 4.69) is 49.9 Å². The first-order valence-electron chi connectivity index (χ1n) is 14.3. The third-order valence-corrected chi connectivity index (χ3v) is 15.3. The summed E-state index contributed by atoms with van der Waals surface area (Å²) in [6.45, 7) is -11.9. The second-order valence-electron chi connectivity index (χ2n) is 11.2. The van der Waals surface area contributed by atoms with Crippen LogP contribution in [0.25, 0.3) is 22.3 Å². The van der Waals surface area contributed by atoms with Crippen molar-refractivity contribution in [3.63, 3.8) is 0 Å². The normalized spacial score (nSPS) is 30.1. The zero-order valence-electron chi connectivity index (χ0n) is 25.8. The molecule has 31 heteroatoms. The molecule has 9 N–H and O–H groups in total. The Morgan fingerprint density at radius 2 is 1.75 bits per heavy atom. The van der Waals surface area contributed by atoms with Gasteiger partial charge in [-0.05, 0) is 0 Å². The number of aliphatic hydroxyl groups excluding tert-OH is 4. The molecule has 0 radical (unpaired) electrons. The van der Waals surface area contributed by atoms with E-state index in [1.54, 1.807) is 0 Å². The minimum Gasteiger partial charge on any atom is -0.856 e. The largest absolute Gasteiger partial charge is 0.856 e. The third kappa shape index (κ3) is 7.75. The number of rotatable bonds is 12. The number of fused-ring (bicyclic) bond motifs is 2. The standard InChI is InChI=1S/C21H29N10O16P3S2/c1-29-5-31(15-9(29)17(37)28-21(23)26-15)19-13(35)11(33)7(45-19)3-52-49(40,41)47-50(42,51)46-48(38,39)43-2-6-10(32)12(34)18(44-6)30-4-24-8-14(30)25-20(22)27-16(8)36/h4-7,10-13,18-19,32-35H,2-3H2,1H3,(H8-,22,23,25,26,27,28,36,37,38,39,40,41,42,51)/p-3/t6-,7-,10+,11?,12?,13+,18-,19-,50?/m1/s1. The summed E-state index contributed by atoms with van der Waals surface area (Å²) < 4.78 is 52.8. The van der Waals surface area contributed by atoms with Crippen LogP contribution in [0.2, 0.25) is 0 Å². The van der Waals surface area contributed by atoms with Crippen molar-refractivity contribution in [2.75, 3.05) is 23.8 Å². The molecule has 0 bridgehead atoms. The second-order valence-corrected chi connectivity index (χ2v) is 19.5. The number of imidazole rings is 2. The summed E-state index contributed by atoms with van der Waals surface area (Å²) in [6.07, 6.45) is -10.5. The van der Waals surface area contributed by atoms with Crippen LogP contribution in [0.15, 0.2) is 17.4 Å². The van der Waals surface area contributed by atoms with Crippen molar-refractivity contribution in [1.82, 2.24) is 34.1 Å². The maximum absolute atomic E-state index is 12.7. The third-order valence-electron chi connectivity index (χ3n) is 7.61. The number of H-pyrrole nitrogens is 1. The van der Waals surface area contributed by atoms with Crippen LogP contribution in [0.5, 0.6) is 5.88 Å². The summed E-state index contributed by atoms with van der Waals surface area (Å²) in [4.78, 5) is 67.3. The fourth-order valence-electron chi connectivity index (χ4n) is 5.37. The highest BCUT2D eigenvalue weighted by atomic mass is 32.7. The van der Waals surface area contributed by atoms with E-state index < -0.39 is 94.2 Å². The lowest BCUT2D eigenvalue weighted by atomic mass is 10.1. The van der Waals surface area contributed by atoms with Crippen LogP contribution in [0.4, 0.5) is 11.9 Å². The van der Waals surface area contributed by atoms with E-state index in [9.17, 15) is 54.1 Å². The number of anilines is 2. The maximum Gasteiger partial charge on any atom is 0.309 e. The zero-order chi connectivity index (χ0) is 38.1. The molecule has 2 saturated heterocycles. The fourth-order valence-corrected chi connectivity index (χ4v) is 13.1. The van der Waals surface area contributed by atoms with Crippen molar-refractivity contribution in [3.05, 3.63) is 23.0 Å². The number of nitrogens with one attached hydrogen (secondary N) is 1. The highest BCUT2D eigenvalue weighted by Gasteiger charge is 2.48. The lowest BCUT2D eigenvalue weighted by Crippen LogP contribution is -2.46. The lowest BCUT2D eigenvalue weighted by Gasteiger charge is -2.37. The molecule has 5 unspecified atom stereocenters. The predicted molar refractivity (Wildman–Crippen MR) is 167 cm³/mol. The Kier molecular flexibility index (Phi) is 10.6. The first-order chi connectivity index (χ1) is 24.2. The fraction of sp³-hybridized carbons (Fsp3) is 0.524. The molecule has 0 aliphatic carbocycles. The first-order valence-corrected chi connectivity index (χ1v) is 21.4. The Bertz CT molecular complexity index is 2230. The Hall–Kier alpha value is -2.72. The van der Waals surface area contributed by atoms with Gasteiger partial charge < -0.3 is 65.7 Å². The molecule has 0 aromatic carbocycles. The number of aromatic amines is 1. The van der Waals surface area contributed by atoms with E-state index >= 15 is 0 Å². The minimum absolute atomic E-state index is 0.0186. The number of phosphoric acid groups is 1. The zero-order valence-corrected chi connectivity index (χ0v) is 30.1. The van der Waals surface area contributed by atoms with Gasteiger partial charge in [-0.3, -0.25) is 36.7 Å². The maximum atomic E-state index is 12.7. The Balaban J connectivity index is 1.04. The number of nitrogen functional groups attached to an aromatic ring is 2. The molecule has 2 aliphatic heterocycles. The summed E-state index contributed by atoms with van der Waals surface area (Å²) in [5.41, 5.74) is 9.98. The number of phosphoric ester groups is 1. The smallest absolute Gasteiger partial charge is 0.309 e. The predicted octanol–water partition coefficient (Wildman–Crippen LogP) is -5.83. The molecular formula is C21H26N10O16P3S2-3. The molecule has 0 spiro atoms. The molecular weight excluding hydrogens is 805 g/mol. The lowest BCUT2D eigenvalue weighted by molar-refractivity contribution is -0.745. The summed E-state index contributed by atoms with van der Waals surface area (Å²) >= 11 is 4.31. The molecule has 0 saturated carbocycles. The number of hydrogen-bond acceptors (Lipinski definition) is 24. The number of nitrogens with two attached hydrogens (primary N) is 2. The molecule has 2 fully saturated rings. The van der Waals surface area contributed by atoms with Gasteiger partial charge in [0.2, 0.25) is 12.2 Å². The van der Waals surface area contributed by atoms with Gasteiger partial charge in [0.25, 0.3) is 19.3 Å². The average Bonchev–Trinajstić information content (AvgIpc) is 3.74. The summed E-state index contributed by atoms with van der Waals surface area (Å²) in [5, 5.41) is 54.4. The van der Waals surface area contributed by atoms with Crippen molar-refractivity contribution < 1.29 is 76.5 Å². The molecule has 4 aromatic rings. The Morgan fingerprint density at radius 3 is 2.46 bits per heavy atom. The molecule has 4 aromatic heterocycles. The van der Waals surface area contributed by atoms with Crippen LogP contribution < -0.4 is 41.4 Å². The van der Waals surface area contributed by atoms with Crippen LogP contribution >= 0.6 is 32.7 Å². The van der Waals surface area contributed by atoms with E-state index in [1.807, 2.05) is 0 Å². The van der Waals surface area contributed by atoms with Gasteiger partial charge in [0, 0.05) is 11.6 Å². The van der Waals surface area contributed by atoms with Crippen LogP contribution in [0, 0.1) is 0 Å². The van der Waals surface area contributed by atoms with E-state index in [0.717, 1.165) is 10.9 Å². The van der Waals surface area contributed by atoms with Gasteiger partial charge in [0.15, 0.2) is 36.0 Å². The number of ether oxygens (including phenoxy) is 2. The molecule has 2 aliphatic rings. The highest BCUT2D eigenvalue weighted by molar-refractivity contribution is 8.55. The number of aryl methyl sites for hydroxylation is 1. The average molecular weight is 832 g/mol. The van der Waals surface area contributed by atoms with Crippen molar-refractivity contribution in [2.24, 2.45) is 7.05 Å². The van der Waals surface area contributed by atoms with Crippen LogP contribution in [-0.2, 0) is 50.6 Å². The minimum atomic E-state index is -5.78. The van der Waals surface area contributed by atoms with Crippen LogP contribution in [-0.4, -0.2) is 103 Å². The molecule has 26 nitrogen and oxygen atoms in total. The van der Waals surface area contributed by atoms with Gasteiger partial charge in [-0.2, -0.15) is 4.98 Å². The number of hydrogen-bond donors (Lipinski definition) is 7. The summed E-state index contributed by atoms with van der Waals surface area (Å²) in [7, 11) is -4.31. The van der Waals surface area contributed by atoms with Gasteiger partial charge in [0.05, 0.1) is 26.1 Å². The van der Waals surface area contributed by atoms with Crippen molar-refractivity contribution in [1.29, 1.82) is 0 Å². The van der Waals surface area contributed by atoms with Crippen LogP contribution in [0.1, 0.15) is 12.5 Å².